The van der Waals surface area contributed by atoms with E-state index < -0.39 is 0 Å². The molecule has 0 fully saturated rings. The number of hydrogen-bond donors (Lipinski definition) is 0. The molecule has 3 rings (SSSR count). The van der Waals surface area contributed by atoms with Crippen LogP contribution in [0.25, 0.3) is 10.8 Å². The van der Waals surface area contributed by atoms with E-state index in [1.807, 2.05) is 6.07 Å². The molecular weight excluding hydrogens is 264 g/mol. The molecule has 0 heterocycles. The van der Waals surface area contributed by atoms with Gasteiger partial charge in [0.1, 0.15) is 5.75 Å². The van der Waals surface area contributed by atoms with Gasteiger partial charge in [0.05, 0.1) is 12.0 Å². The number of aryl methyl sites for hydroxylation is 1. The Kier molecular flexibility index (Phi) is 3.66. The Morgan fingerprint density at radius 1 is 0.900 bits per heavy atom. The first-order valence-corrected chi connectivity index (χ1v) is 7.40. The number of fused-ring (bicyclic) bond motifs is 1. The van der Waals surface area contributed by atoms with Crippen molar-refractivity contribution in [3.8, 4) is 5.75 Å². The fraction of sp³-hybridized carbons (Fsp3) is 0.111. The molecule has 0 amide bonds. The van der Waals surface area contributed by atoms with E-state index in [1.54, 1.807) is 18.9 Å². The highest BCUT2D eigenvalue weighted by molar-refractivity contribution is 7.99. The molecule has 0 bridgehead atoms. The Morgan fingerprint density at radius 2 is 1.75 bits per heavy atom. The summed E-state index contributed by atoms with van der Waals surface area (Å²) in [7, 11) is 1.73. The van der Waals surface area contributed by atoms with E-state index in [0.29, 0.717) is 0 Å². The van der Waals surface area contributed by atoms with E-state index in [9.17, 15) is 0 Å². The molecule has 2 heteroatoms. The van der Waals surface area contributed by atoms with Gasteiger partial charge in [-0.1, -0.05) is 59.8 Å². The van der Waals surface area contributed by atoms with Gasteiger partial charge in [0, 0.05) is 4.90 Å². The lowest BCUT2D eigenvalue weighted by molar-refractivity contribution is 0.406. The van der Waals surface area contributed by atoms with Gasteiger partial charge < -0.3 is 4.74 Å². The summed E-state index contributed by atoms with van der Waals surface area (Å²) in [5, 5.41) is 2.47. The standard InChI is InChI=1S/C18H16OS/c1-13-6-5-8-15(12-13)20-18-16-9-4-3-7-14(16)10-11-17(18)19-2/h3-12H,1-2H3. The molecule has 0 atom stereocenters. The van der Waals surface area contributed by atoms with Crippen molar-refractivity contribution in [1.82, 2.24) is 0 Å². The van der Waals surface area contributed by atoms with Crippen molar-refractivity contribution in [1.29, 1.82) is 0 Å². The second-order valence-electron chi connectivity index (χ2n) is 4.74. The quantitative estimate of drug-likeness (QED) is 0.643. The predicted molar refractivity (Wildman–Crippen MR) is 85.8 cm³/mol. The van der Waals surface area contributed by atoms with Crippen LogP contribution in [0.3, 0.4) is 0 Å². The molecule has 0 aliphatic carbocycles. The van der Waals surface area contributed by atoms with Crippen LogP contribution in [0.2, 0.25) is 0 Å². The minimum Gasteiger partial charge on any atom is -0.496 e. The molecule has 0 radical (unpaired) electrons. The average Bonchev–Trinajstić information content (AvgIpc) is 2.48. The van der Waals surface area contributed by atoms with Crippen LogP contribution in [0, 0.1) is 6.92 Å². The number of hydrogen-bond acceptors (Lipinski definition) is 2. The van der Waals surface area contributed by atoms with Crippen molar-refractivity contribution >= 4 is 22.5 Å². The zero-order chi connectivity index (χ0) is 13.9. The van der Waals surface area contributed by atoms with Gasteiger partial charge in [-0.25, -0.2) is 0 Å². The van der Waals surface area contributed by atoms with Crippen LogP contribution in [0.1, 0.15) is 5.56 Å². The summed E-state index contributed by atoms with van der Waals surface area (Å²) in [4.78, 5) is 2.41. The summed E-state index contributed by atoms with van der Waals surface area (Å²) in [5.74, 6) is 0.926. The van der Waals surface area contributed by atoms with Crippen molar-refractivity contribution in [2.45, 2.75) is 16.7 Å². The maximum atomic E-state index is 5.54. The molecule has 1 nitrogen and oxygen atoms in total. The summed E-state index contributed by atoms with van der Waals surface area (Å²) in [6, 6.07) is 21.1. The Balaban J connectivity index is 2.13. The molecule has 0 saturated carbocycles. The van der Waals surface area contributed by atoms with Gasteiger partial charge in [-0.15, -0.1) is 0 Å². The minimum absolute atomic E-state index is 0.926. The lowest BCUT2D eigenvalue weighted by Crippen LogP contribution is -1.88. The lowest BCUT2D eigenvalue weighted by atomic mass is 10.1. The largest absolute Gasteiger partial charge is 0.496 e. The van der Waals surface area contributed by atoms with Gasteiger partial charge in [-0.2, -0.15) is 0 Å². The minimum atomic E-state index is 0.926. The number of rotatable bonds is 3. The molecule has 0 saturated heterocycles. The molecular formula is C18H16OS. The van der Waals surface area contributed by atoms with Crippen LogP contribution in [0.15, 0.2) is 70.5 Å². The fourth-order valence-corrected chi connectivity index (χ4v) is 3.46. The molecule has 20 heavy (non-hydrogen) atoms. The van der Waals surface area contributed by atoms with Crippen LogP contribution in [-0.4, -0.2) is 7.11 Å². The van der Waals surface area contributed by atoms with Gasteiger partial charge in [-0.3, -0.25) is 0 Å². The van der Waals surface area contributed by atoms with E-state index in [-0.39, 0.29) is 0 Å². The third-order valence-corrected chi connectivity index (χ3v) is 4.39. The summed E-state index contributed by atoms with van der Waals surface area (Å²) < 4.78 is 5.54. The molecule has 0 aliphatic heterocycles. The van der Waals surface area contributed by atoms with E-state index >= 15 is 0 Å². The van der Waals surface area contributed by atoms with Gasteiger partial charge >= 0.3 is 0 Å². The third-order valence-electron chi connectivity index (χ3n) is 3.27. The van der Waals surface area contributed by atoms with Crippen LogP contribution in [0.4, 0.5) is 0 Å². The molecule has 0 aliphatic rings. The zero-order valence-electron chi connectivity index (χ0n) is 11.6. The first-order valence-electron chi connectivity index (χ1n) is 6.58. The van der Waals surface area contributed by atoms with Gasteiger partial charge in [0.25, 0.3) is 0 Å². The Labute approximate surface area is 123 Å². The summed E-state index contributed by atoms with van der Waals surface area (Å²) in [5.41, 5.74) is 1.27. The maximum absolute atomic E-state index is 5.54. The topological polar surface area (TPSA) is 9.23 Å². The van der Waals surface area contributed by atoms with Crippen molar-refractivity contribution in [3.05, 3.63) is 66.2 Å². The van der Waals surface area contributed by atoms with Crippen molar-refractivity contribution in [2.75, 3.05) is 7.11 Å². The Hall–Kier alpha value is -1.93. The number of methoxy groups -OCH3 is 1. The zero-order valence-corrected chi connectivity index (χ0v) is 12.4. The molecule has 0 N–H and O–H groups in total. The summed E-state index contributed by atoms with van der Waals surface area (Å²) in [6.07, 6.45) is 0. The normalized spacial score (nSPS) is 10.7. The van der Waals surface area contributed by atoms with Crippen molar-refractivity contribution in [3.63, 3.8) is 0 Å². The molecule has 0 spiro atoms. The monoisotopic (exact) mass is 280 g/mol. The van der Waals surface area contributed by atoms with E-state index in [2.05, 4.69) is 61.5 Å². The smallest absolute Gasteiger partial charge is 0.133 e. The number of benzene rings is 3. The van der Waals surface area contributed by atoms with Crippen LogP contribution < -0.4 is 4.74 Å². The highest BCUT2D eigenvalue weighted by atomic mass is 32.2. The van der Waals surface area contributed by atoms with Crippen molar-refractivity contribution in [2.24, 2.45) is 0 Å². The molecule has 3 aromatic rings. The second kappa shape index (κ2) is 5.59. The van der Waals surface area contributed by atoms with E-state index in [4.69, 9.17) is 4.74 Å². The van der Waals surface area contributed by atoms with E-state index in [0.717, 1.165) is 5.75 Å². The summed E-state index contributed by atoms with van der Waals surface area (Å²) >= 11 is 1.76. The fourth-order valence-electron chi connectivity index (χ4n) is 2.29. The van der Waals surface area contributed by atoms with Crippen molar-refractivity contribution < 1.29 is 4.74 Å². The first kappa shape index (κ1) is 13.1. The summed E-state index contributed by atoms with van der Waals surface area (Å²) in [6.45, 7) is 2.12. The second-order valence-corrected chi connectivity index (χ2v) is 5.82. The van der Waals surface area contributed by atoms with Gasteiger partial charge in [-0.05, 0) is 35.9 Å². The molecule has 3 aromatic carbocycles. The van der Waals surface area contributed by atoms with Gasteiger partial charge in [0.2, 0.25) is 0 Å². The molecule has 0 unspecified atom stereocenters. The Morgan fingerprint density at radius 3 is 2.55 bits per heavy atom. The number of ether oxygens (including phenoxy) is 1. The van der Waals surface area contributed by atoms with Crippen LogP contribution in [0.5, 0.6) is 5.75 Å². The first-order chi connectivity index (χ1) is 9.78. The molecule has 100 valence electrons. The molecule has 0 aromatic heterocycles. The SMILES string of the molecule is COc1ccc2ccccc2c1Sc1cccc(C)c1. The van der Waals surface area contributed by atoms with Gasteiger partial charge in [0.15, 0.2) is 0 Å². The lowest BCUT2D eigenvalue weighted by Gasteiger charge is -2.12. The van der Waals surface area contributed by atoms with Crippen LogP contribution >= 0.6 is 11.8 Å². The Bertz CT molecular complexity index is 749. The third kappa shape index (κ3) is 2.52. The highest BCUT2D eigenvalue weighted by Gasteiger charge is 2.09. The highest BCUT2D eigenvalue weighted by Crippen LogP contribution is 2.40. The van der Waals surface area contributed by atoms with Crippen LogP contribution in [-0.2, 0) is 0 Å². The maximum Gasteiger partial charge on any atom is 0.133 e. The predicted octanol–water partition coefficient (Wildman–Crippen LogP) is 5.31. The average molecular weight is 280 g/mol. The van der Waals surface area contributed by atoms with E-state index in [1.165, 1.54) is 26.1 Å².